The van der Waals surface area contributed by atoms with E-state index in [1.807, 2.05) is 0 Å². The summed E-state index contributed by atoms with van der Waals surface area (Å²) in [6.45, 7) is 4.31. The van der Waals surface area contributed by atoms with E-state index in [0.29, 0.717) is 19.8 Å². The van der Waals surface area contributed by atoms with Crippen molar-refractivity contribution in [1.82, 2.24) is 14.9 Å². The number of hydrogen-bond donors (Lipinski definition) is 1. The van der Waals surface area contributed by atoms with Crippen LogP contribution in [0.2, 0.25) is 0 Å². The van der Waals surface area contributed by atoms with Crippen molar-refractivity contribution in [1.29, 1.82) is 0 Å². The first kappa shape index (κ1) is 17.8. The lowest BCUT2D eigenvalue weighted by atomic mass is 10.2. The molecule has 0 amide bonds. The minimum Gasteiger partial charge on any atom is -0.379 e. The molecule has 25 heavy (non-hydrogen) atoms. The summed E-state index contributed by atoms with van der Waals surface area (Å²) in [7, 11) is 0. The monoisotopic (exact) mass is 358 g/mol. The second-order valence-corrected chi connectivity index (χ2v) is 5.79. The summed E-state index contributed by atoms with van der Waals surface area (Å²) in [5.41, 5.74) is 0.0550. The fraction of sp³-hybridized carbons (Fsp3) is 0.500. The van der Waals surface area contributed by atoms with Crippen LogP contribution in [0.1, 0.15) is 12.2 Å². The lowest BCUT2D eigenvalue weighted by Crippen LogP contribution is -2.37. The largest absolute Gasteiger partial charge is 0.451 e. The molecule has 0 bridgehead atoms. The van der Waals surface area contributed by atoms with Gasteiger partial charge in [-0.25, -0.2) is 14.4 Å². The first-order valence-corrected chi connectivity index (χ1v) is 8.02. The van der Waals surface area contributed by atoms with Crippen LogP contribution in [0.25, 0.3) is 10.9 Å². The predicted octanol–water partition coefficient (Wildman–Crippen LogP) is 2.92. The number of alkyl halides is 3. The third-order valence-corrected chi connectivity index (χ3v) is 3.96. The Labute approximate surface area is 142 Å². The van der Waals surface area contributed by atoms with Gasteiger partial charge >= 0.3 is 6.18 Å². The van der Waals surface area contributed by atoms with Crippen LogP contribution < -0.4 is 5.32 Å². The zero-order valence-electron chi connectivity index (χ0n) is 13.4. The fourth-order valence-electron chi connectivity index (χ4n) is 2.70. The third kappa shape index (κ3) is 4.55. The highest BCUT2D eigenvalue weighted by atomic mass is 19.4. The molecule has 0 unspecified atom stereocenters. The number of halogens is 4. The van der Waals surface area contributed by atoms with Crippen molar-refractivity contribution in [2.24, 2.45) is 0 Å². The highest BCUT2D eigenvalue weighted by Crippen LogP contribution is 2.30. The van der Waals surface area contributed by atoms with Crippen molar-refractivity contribution < 1.29 is 22.3 Å². The predicted molar refractivity (Wildman–Crippen MR) is 84.9 cm³/mol. The quantitative estimate of drug-likeness (QED) is 0.658. The van der Waals surface area contributed by atoms with Gasteiger partial charge in [-0.3, -0.25) is 4.90 Å². The number of nitrogens with one attached hydrogen (secondary N) is 1. The zero-order chi connectivity index (χ0) is 17.9. The van der Waals surface area contributed by atoms with Crippen LogP contribution >= 0.6 is 0 Å². The second kappa shape index (κ2) is 7.49. The Kier molecular flexibility index (Phi) is 5.33. The molecular formula is C16H18F4N4O. The number of aromatic nitrogens is 2. The van der Waals surface area contributed by atoms with E-state index in [1.54, 1.807) is 0 Å². The Balaban J connectivity index is 1.73. The second-order valence-electron chi connectivity index (χ2n) is 5.79. The summed E-state index contributed by atoms with van der Waals surface area (Å²) in [6.07, 6.45) is -3.94. The minimum atomic E-state index is -4.66. The molecule has 0 saturated carbocycles. The van der Waals surface area contributed by atoms with Gasteiger partial charge in [0.05, 0.1) is 18.7 Å². The molecule has 1 saturated heterocycles. The number of ether oxygens (including phenoxy) is 1. The van der Waals surface area contributed by atoms with Crippen LogP contribution in [0.4, 0.5) is 23.4 Å². The van der Waals surface area contributed by atoms with E-state index in [4.69, 9.17) is 4.74 Å². The molecule has 9 heteroatoms. The summed E-state index contributed by atoms with van der Waals surface area (Å²) in [4.78, 5) is 9.26. The maximum Gasteiger partial charge on any atom is 0.451 e. The van der Waals surface area contributed by atoms with Gasteiger partial charge in [-0.1, -0.05) is 0 Å². The molecule has 1 aromatic heterocycles. The smallest absolute Gasteiger partial charge is 0.379 e. The topological polar surface area (TPSA) is 50.3 Å². The highest BCUT2D eigenvalue weighted by Gasteiger charge is 2.35. The molecule has 1 aliphatic heterocycles. The van der Waals surface area contributed by atoms with Gasteiger partial charge in [0.1, 0.15) is 11.6 Å². The van der Waals surface area contributed by atoms with E-state index in [-0.39, 0.29) is 16.7 Å². The van der Waals surface area contributed by atoms with E-state index in [1.165, 1.54) is 6.07 Å². The van der Waals surface area contributed by atoms with Crippen molar-refractivity contribution in [3.05, 3.63) is 29.8 Å². The van der Waals surface area contributed by atoms with Gasteiger partial charge in [0.15, 0.2) is 0 Å². The lowest BCUT2D eigenvalue weighted by Gasteiger charge is -2.26. The minimum absolute atomic E-state index is 0.00111. The Morgan fingerprint density at radius 2 is 1.92 bits per heavy atom. The van der Waals surface area contributed by atoms with E-state index in [2.05, 4.69) is 20.2 Å². The Bertz CT molecular complexity index is 732. The summed E-state index contributed by atoms with van der Waals surface area (Å²) in [5.74, 6) is -1.78. The standard InChI is InChI=1S/C16H18F4N4O/c17-11-2-3-13-12(10-11)14(23-15(22-13)16(18,19)20)21-4-1-5-24-6-8-25-9-7-24/h2-3,10H,1,4-9H2,(H,21,22,23). The van der Waals surface area contributed by atoms with Crippen molar-refractivity contribution in [2.75, 3.05) is 44.7 Å². The highest BCUT2D eigenvalue weighted by molar-refractivity contribution is 5.89. The average Bonchev–Trinajstić information content (AvgIpc) is 2.58. The Hall–Kier alpha value is -2.00. The summed E-state index contributed by atoms with van der Waals surface area (Å²) >= 11 is 0. The molecule has 0 atom stereocenters. The fourth-order valence-corrected chi connectivity index (χ4v) is 2.70. The van der Waals surface area contributed by atoms with Crippen LogP contribution in [0.5, 0.6) is 0 Å². The molecule has 5 nitrogen and oxygen atoms in total. The molecule has 136 valence electrons. The third-order valence-electron chi connectivity index (χ3n) is 3.96. The summed E-state index contributed by atoms with van der Waals surface area (Å²) in [5, 5.41) is 3.13. The number of anilines is 1. The van der Waals surface area contributed by atoms with Gasteiger partial charge in [0.25, 0.3) is 0 Å². The first-order valence-electron chi connectivity index (χ1n) is 8.02. The van der Waals surface area contributed by atoms with E-state index in [0.717, 1.165) is 38.2 Å². The van der Waals surface area contributed by atoms with Crippen molar-refractivity contribution >= 4 is 16.7 Å². The molecule has 0 radical (unpaired) electrons. The van der Waals surface area contributed by atoms with Crippen LogP contribution in [0.15, 0.2) is 18.2 Å². The maximum atomic E-state index is 13.5. The average molecular weight is 358 g/mol. The number of rotatable bonds is 5. The SMILES string of the molecule is Fc1ccc2nc(C(F)(F)F)nc(NCCCN3CCOCC3)c2c1. The van der Waals surface area contributed by atoms with Crippen LogP contribution in [-0.2, 0) is 10.9 Å². The van der Waals surface area contributed by atoms with Gasteiger partial charge in [-0.15, -0.1) is 0 Å². The van der Waals surface area contributed by atoms with E-state index >= 15 is 0 Å². The Morgan fingerprint density at radius 3 is 2.64 bits per heavy atom. The van der Waals surface area contributed by atoms with Gasteiger partial charge in [0, 0.05) is 25.0 Å². The van der Waals surface area contributed by atoms with Crippen LogP contribution in [-0.4, -0.2) is 54.3 Å². The first-order chi connectivity index (χ1) is 11.9. The van der Waals surface area contributed by atoms with Crippen molar-refractivity contribution in [3.63, 3.8) is 0 Å². The summed E-state index contributed by atoms with van der Waals surface area (Å²) in [6, 6.07) is 3.44. The number of morpholine rings is 1. The number of hydrogen-bond acceptors (Lipinski definition) is 5. The maximum absolute atomic E-state index is 13.5. The zero-order valence-corrected chi connectivity index (χ0v) is 13.4. The van der Waals surface area contributed by atoms with Gasteiger partial charge in [0.2, 0.25) is 5.82 Å². The number of benzene rings is 1. The number of fused-ring (bicyclic) bond motifs is 1. The van der Waals surface area contributed by atoms with Crippen molar-refractivity contribution in [2.45, 2.75) is 12.6 Å². The van der Waals surface area contributed by atoms with Crippen LogP contribution in [0.3, 0.4) is 0 Å². The molecule has 1 aliphatic rings. The van der Waals surface area contributed by atoms with Gasteiger partial charge in [-0.05, 0) is 31.2 Å². The molecule has 3 rings (SSSR count). The molecule has 1 aromatic carbocycles. The van der Waals surface area contributed by atoms with Crippen molar-refractivity contribution in [3.8, 4) is 0 Å². The number of nitrogens with zero attached hydrogens (tertiary/aromatic N) is 3. The van der Waals surface area contributed by atoms with Gasteiger partial charge < -0.3 is 10.1 Å². The molecule has 0 spiro atoms. The lowest BCUT2D eigenvalue weighted by molar-refractivity contribution is -0.144. The molecule has 1 N–H and O–H groups in total. The normalized spacial score (nSPS) is 16.3. The summed E-state index contributed by atoms with van der Waals surface area (Å²) < 4.78 is 57.6. The molecule has 0 aliphatic carbocycles. The van der Waals surface area contributed by atoms with Crippen LogP contribution in [0, 0.1) is 5.82 Å². The molecular weight excluding hydrogens is 340 g/mol. The van der Waals surface area contributed by atoms with Gasteiger partial charge in [-0.2, -0.15) is 13.2 Å². The van der Waals surface area contributed by atoms with E-state index < -0.39 is 17.8 Å². The van der Waals surface area contributed by atoms with E-state index in [9.17, 15) is 17.6 Å². The molecule has 2 heterocycles. The Morgan fingerprint density at radius 1 is 1.16 bits per heavy atom. The molecule has 1 fully saturated rings. The molecule has 2 aromatic rings.